The first-order valence-corrected chi connectivity index (χ1v) is 6.02. The Balaban J connectivity index is 3.02. The number of carbonyl (C=O) groups is 1. The Kier molecular flexibility index (Phi) is 5.11. The van der Waals surface area contributed by atoms with Crippen LogP contribution in [-0.2, 0) is 0 Å². The maximum atomic E-state index is 12.1. The van der Waals surface area contributed by atoms with Crippen LogP contribution < -0.4 is 4.74 Å². The predicted molar refractivity (Wildman–Crippen MR) is 71.9 cm³/mol. The van der Waals surface area contributed by atoms with E-state index < -0.39 is 4.92 Å². The molecule has 7 heteroatoms. The molecule has 1 unspecified atom stereocenters. The fraction of sp³-hybridized carbons (Fsp3) is 0.417. The molecule has 0 aliphatic carbocycles. The molecule has 19 heavy (non-hydrogen) atoms. The highest BCUT2D eigenvalue weighted by Gasteiger charge is 2.19. The number of nitrogens with zero attached hydrogens (tertiary/aromatic N) is 2. The Bertz CT molecular complexity index is 491. The predicted octanol–water partition coefficient (Wildman–Crippen LogP) is 2.30. The lowest BCUT2D eigenvalue weighted by Gasteiger charge is -2.18. The molecule has 0 aliphatic heterocycles. The molecule has 1 rings (SSSR count). The summed E-state index contributed by atoms with van der Waals surface area (Å²) in [5.74, 6) is -0.205. The van der Waals surface area contributed by atoms with Crippen LogP contribution in [0.1, 0.15) is 17.3 Å². The van der Waals surface area contributed by atoms with Crippen LogP contribution in [0, 0.1) is 10.1 Å². The molecular formula is C12H15ClN2O4. The van der Waals surface area contributed by atoms with Crippen molar-refractivity contribution in [1.29, 1.82) is 0 Å². The fourth-order valence-electron chi connectivity index (χ4n) is 1.64. The number of rotatable bonds is 5. The zero-order valence-electron chi connectivity index (χ0n) is 10.9. The number of carbonyl (C=O) groups excluding carboxylic acids is 1. The summed E-state index contributed by atoms with van der Waals surface area (Å²) in [6.07, 6.45) is 0. The van der Waals surface area contributed by atoms with E-state index in [0.717, 1.165) is 0 Å². The van der Waals surface area contributed by atoms with Crippen molar-refractivity contribution in [2.24, 2.45) is 0 Å². The zero-order valence-corrected chi connectivity index (χ0v) is 11.7. The third kappa shape index (κ3) is 3.82. The first-order chi connectivity index (χ1) is 8.86. The first-order valence-electron chi connectivity index (χ1n) is 5.58. The van der Waals surface area contributed by atoms with Crippen LogP contribution >= 0.6 is 11.6 Å². The van der Waals surface area contributed by atoms with Crippen molar-refractivity contribution >= 4 is 23.2 Å². The van der Waals surface area contributed by atoms with Gasteiger partial charge in [0.15, 0.2) is 5.75 Å². The molecular weight excluding hydrogens is 272 g/mol. The average Bonchev–Trinajstić information content (AvgIpc) is 2.36. The van der Waals surface area contributed by atoms with E-state index in [9.17, 15) is 14.9 Å². The quantitative estimate of drug-likeness (QED) is 0.473. The highest BCUT2D eigenvalue weighted by atomic mass is 35.5. The number of alkyl halides is 1. The van der Waals surface area contributed by atoms with E-state index in [4.69, 9.17) is 16.3 Å². The molecule has 0 radical (unpaired) electrons. The zero-order chi connectivity index (χ0) is 14.6. The van der Waals surface area contributed by atoms with Crippen molar-refractivity contribution in [3.05, 3.63) is 33.9 Å². The number of hydrogen-bond donors (Lipinski definition) is 0. The van der Waals surface area contributed by atoms with Crippen LogP contribution in [-0.4, -0.2) is 41.8 Å². The molecule has 0 bridgehead atoms. The normalized spacial score (nSPS) is 11.8. The summed E-state index contributed by atoms with van der Waals surface area (Å²) in [4.78, 5) is 23.7. The lowest BCUT2D eigenvalue weighted by molar-refractivity contribution is -0.385. The molecule has 0 aliphatic rings. The lowest BCUT2D eigenvalue weighted by Crippen LogP contribution is -2.31. The molecule has 0 spiro atoms. The van der Waals surface area contributed by atoms with Gasteiger partial charge in [0.05, 0.1) is 12.0 Å². The van der Waals surface area contributed by atoms with Gasteiger partial charge in [-0.05, 0) is 13.0 Å². The van der Waals surface area contributed by atoms with Gasteiger partial charge in [0.1, 0.15) is 0 Å². The van der Waals surface area contributed by atoms with Crippen LogP contribution in [0.3, 0.4) is 0 Å². The van der Waals surface area contributed by atoms with Gasteiger partial charge in [0, 0.05) is 36.7 Å². The maximum absolute atomic E-state index is 12.1. The minimum absolute atomic E-state index is 0.0585. The summed E-state index contributed by atoms with van der Waals surface area (Å²) in [5, 5.41) is 10.6. The number of benzene rings is 1. The minimum Gasteiger partial charge on any atom is -0.490 e. The molecule has 0 aromatic heterocycles. The van der Waals surface area contributed by atoms with Gasteiger partial charge in [0.25, 0.3) is 5.91 Å². The summed E-state index contributed by atoms with van der Waals surface area (Å²) in [5.41, 5.74) is 0.148. The molecule has 0 saturated heterocycles. The number of nitro benzene ring substituents is 1. The molecule has 0 N–H and O–H groups in total. The molecule has 1 amide bonds. The second kappa shape index (κ2) is 6.38. The van der Waals surface area contributed by atoms with Crippen molar-refractivity contribution in [2.75, 3.05) is 20.7 Å². The molecule has 1 aromatic carbocycles. The van der Waals surface area contributed by atoms with Crippen LogP contribution in [0.4, 0.5) is 5.69 Å². The molecule has 104 valence electrons. The summed E-state index contributed by atoms with van der Waals surface area (Å²) in [6.45, 7) is 2.17. The lowest BCUT2D eigenvalue weighted by atomic mass is 10.1. The van der Waals surface area contributed by atoms with Gasteiger partial charge in [-0.25, -0.2) is 0 Å². The van der Waals surface area contributed by atoms with Crippen molar-refractivity contribution < 1.29 is 14.5 Å². The molecule has 1 aromatic rings. The van der Waals surface area contributed by atoms with E-state index in [1.54, 1.807) is 14.0 Å². The van der Waals surface area contributed by atoms with Gasteiger partial charge >= 0.3 is 5.69 Å². The fourth-order valence-corrected chi connectivity index (χ4v) is 1.85. The Morgan fingerprint density at radius 1 is 1.58 bits per heavy atom. The highest BCUT2D eigenvalue weighted by Crippen LogP contribution is 2.27. The highest BCUT2D eigenvalue weighted by molar-refractivity contribution is 6.20. The Hall–Kier alpha value is -1.82. The van der Waals surface area contributed by atoms with Gasteiger partial charge in [-0.3, -0.25) is 14.9 Å². The number of ether oxygens (including phenoxy) is 1. The van der Waals surface area contributed by atoms with E-state index in [2.05, 4.69) is 0 Å². The number of amides is 1. The number of hydrogen-bond acceptors (Lipinski definition) is 4. The first kappa shape index (κ1) is 15.2. The molecule has 6 nitrogen and oxygen atoms in total. The van der Waals surface area contributed by atoms with Crippen LogP contribution in [0.2, 0.25) is 0 Å². The van der Waals surface area contributed by atoms with Crippen molar-refractivity contribution in [1.82, 2.24) is 4.90 Å². The minimum atomic E-state index is -0.558. The molecule has 1 atom stereocenters. The maximum Gasteiger partial charge on any atom is 0.310 e. The summed E-state index contributed by atoms with van der Waals surface area (Å²) in [7, 11) is 2.94. The van der Waals surface area contributed by atoms with Crippen LogP contribution in [0.25, 0.3) is 0 Å². The summed E-state index contributed by atoms with van der Waals surface area (Å²) >= 11 is 5.82. The standard InChI is InChI=1S/C12H15ClN2O4/c1-8(13)7-14(2)12(16)9-4-5-10(15(17)18)11(6-9)19-3/h4-6,8H,7H2,1-3H3. The van der Waals surface area contributed by atoms with Crippen molar-refractivity contribution in [3.63, 3.8) is 0 Å². The second-order valence-electron chi connectivity index (χ2n) is 4.11. The molecule has 0 saturated carbocycles. The van der Waals surface area contributed by atoms with Gasteiger partial charge < -0.3 is 9.64 Å². The monoisotopic (exact) mass is 286 g/mol. The third-order valence-electron chi connectivity index (χ3n) is 2.50. The SMILES string of the molecule is COc1cc(C(=O)N(C)CC(C)Cl)ccc1[N+](=O)[O-]. The summed E-state index contributed by atoms with van der Waals surface area (Å²) < 4.78 is 4.92. The van der Waals surface area contributed by atoms with Crippen LogP contribution in [0.5, 0.6) is 5.75 Å². The number of halogens is 1. The average molecular weight is 287 g/mol. The van der Waals surface area contributed by atoms with E-state index in [-0.39, 0.29) is 22.7 Å². The van der Waals surface area contributed by atoms with Crippen molar-refractivity contribution in [3.8, 4) is 5.75 Å². The van der Waals surface area contributed by atoms with E-state index in [0.29, 0.717) is 12.1 Å². The topological polar surface area (TPSA) is 72.7 Å². The van der Waals surface area contributed by atoms with E-state index in [1.165, 1.54) is 30.2 Å². The summed E-state index contributed by atoms with van der Waals surface area (Å²) in [6, 6.07) is 4.01. The third-order valence-corrected chi connectivity index (χ3v) is 2.63. The van der Waals surface area contributed by atoms with Crippen LogP contribution in [0.15, 0.2) is 18.2 Å². The van der Waals surface area contributed by atoms with E-state index >= 15 is 0 Å². The van der Waals surface area contributed by atoms with Gasteiger partial charge in [-0.1, -0.05) is 0 Å². The smallest absolute Gasteiger partial charge is 0.310 e. The van der Waals surface area contributed by atoms with Gasteiger partial charge in [0.2, 0.25) is 0 Å². The Morgan fingerprint density at radius 3 is 2.68 bits per heavy atom. The number of methoxy groups -OCH3 is 1. The van der Waals surface area contributed by atoms with Crippen molar-refractivity contribution in [2.45, 2.75) is 12.3 Å². The van der Waals surface area contributed by atoms with Gasteiger partial charge in [-0.2, -0.15) is 0 Å². The Labute approximate surface area is 116 Å². The van der Waals surface area contributed by atoms with E-state index in [1.807, 2.05) is 0 Å². The van der Waals surface area contributed by atoms with Gasteiger partial charge in [-0.15, -0.1) is 11.6 Å². The molecule has 0 heterocycles. The number of nitro groups is 1. The second-order valence-corrected chi connectivity index (χ2v) is 4.86. The Morgan fingerprint density at radius 2 is 2.21 bits per heavy atom. The molecule has 0 fully saturated rings. The largest absolute Gasteiger partial charge is 0.490 e.